The van der Waals surface area contributed by atoms with Gasteiger partial charge in [-0.15, -0.1) is 0 Å². The van der Waals surface area contributed by atoms with E-state index >= 15 is 0 Å². The molecule has 1 aromatic carbocycles. The van der Waals surface area contributed by atoms with Gasteiger partial charge >= 0.3 is 5.97 Å². The Hall–Kier alpha value is -1.39. The fraction of sp³-hybridized carbons (Fsp3) is 0.562. The summed E-state index contributed by atoms with van der Waals surface area (Å²) in [4.78, 5) is 11.4. The molecule has 0 saturated heterocycles. The van der Waals surface area contributed by atoms with Gasteiger partial charge in [-0.2, -0.15) is 0 Å². The van der Waals surface area contributed by atoms with Crippen molar-refractivity contribution in [2.75, 3.05) is 13.7 Å². The molecule has 2 N–H and O–H groups in total. The minimum absolute atomic E-state index is 0.243. The molecule has 0 aliphatic carbocycles. The molecule has 0 fully saturated rings. The van der Waals surface area contributed by atoms with Crippen LogP contribution in [0.15, 0.2) is 30.3 Å². The molecule has 20 heavy (non-hydrogen) atoms. The van der Waals surface area contributed by atoms with Crippen molar-refractivity contribution >= 4 is 5.97 Å². The molecule has 0 aliphatic heterocycles. The topological polar surface area (TPSA) is 61.5 Å². The smallest absolute Gasteiger partial charge is 0.322 e. The van der Waals surface area contributed by atoms with E-state index in [1.807, 2.05) is 30.3 Å². The molecule has 0 bridgehead atoms. The van der Waals surface area contributed by atoms with Gasteiger partial charge in [-0.1, -0.05) is 44.2 Å². The number of ether oxygens (including phenoxy) is 2. The summed E-state index contributed by atoms with van der Waals surface area (Å²) >= 11 is 0. The van der Waals surface area contributed by atoms with Crippen molar-refractivity contribution in [3.63, 3.8) is 0 Å². The van der Waals surface area contributed by atoms with Crippen LogP contribution in [0.25, 0.3) is 0 Å². The average Bonchev–Trinajstić information content (AvgIpc) is 2.46. The molecule has 0 aliphatic rings. The lowest BCUT2D eigenvalue weighted by molar-refractivity contribution is -0.142. The monoisotopic (exact) mass is 279 g/mol. The molecule has 1 rings (SSSR count). The van der Waals surface area contributed by atoms with Crippen LogP contribution in [0.5, 0.6) is 0 Å². The lowest BCUT2D eigenvalue weighted by atomic mass is 9.90. The molecule has 4 nitrogen and oxygen atoms in total. The van der Waals surface area contributed by atoms with Crippen LogP contribution in [-0.2, 0) is 20.9 Å². The van der Waals surface area contributed by atoms with Crippen LogP contribution >= 0.6 is 0 Å². The molecule has 0 heterocycles. The number of rotatable bonds is 8. The zero-order chi connectivity index (χ0) is 15.0. The number of nitrogens with two attached hydrogens (primary N) is 1. The van der Waals surface area contributed by atoms with Gasteiger partial charge in [-0.3, -0.25) is 4.79 Å². The first-order valence-electron chi connectivity index (χ1n) is 6.99. The lowest BCUT2D eigenvalue weighted by Gasteiger charge is -2.23. The van der Waals surface area contributed by atoms with Gasteiger partial charge in [-0.25, -0.2) is 0 Å². The zero-order valence-corrected chi connectivity index (χ0v) is 12.5. The van der Waals surface area contributed by atoms with Gasteiger partial charge in [0.15, 0.2) is 0 Å². The van der Waals surface area contributed by atoms with E-state index in [1.165, 1.54) is 7.11 Å². The summed E-state index contributed by atoms with van der Waals surface area (Å²) < 4.78 is 10.4. The first kappa shape index (κ1) is 16.7. The summed E-state index contributed by atoms with van der Waals surface area (Å²) in [6, 6.07) is 9.45. The maximum Gasteiger partial charge on any atom is 0.322 e. The van der Waals surface area contributed by atoms with E-state index in [2.05, 4.69) is 18.6 Å². The highest BCUT2D eigenvalue weighted by Gasteiger charge is 2.22. The van der Waals surface area contributed by atoms with Crippen LogP contribution in [-0.4, -0.2) is 25.7 Å². The highest BCUT2D eigenvalue weighted by Crippen LogP contribution is 2.18. The van der Waals surface area contributed by atoms with Gasteiger partial charge in [0, 0.05) is 0 Å². The Morgan fingerprint density at radius 1 is 1.25 bits per heavy atom. The molecule has 0 unspecified atom stereocenters. The zero-order valence-electron chi connectivity index (χ0n) is 12.5. The van der Waals surface area contributed by atoms with Gasteiger partial charge in [-0.05, 0) is 23.8 Å². The van der Waals surface area contributed by atoms with Crippen molar-refractivity contribution in [2.45, 2.75) is 32.9 Å². The fourth-order valence-corrected chi connectivity index (χ4v) is 2.01. The Kier molecular flexibility index (Phi) is 7.26. The van der Waals surface area contributed by atoms with Gasteiger partial charge < -0.3 is 15.2 Å². The number of methoxy groups -OCH3 is 1. The minimum atomic E-state index is -0.576. The summed E-state index contributed by atoms with van der Waals surface area (Å²) in [5, 5.41) is 0. The third-order valence-corrected chi connectivity index (χ3v) is 3.45. The highest BCUT2D eigenvalue weighted by molar-refractivity contribution is 5.75. The maximum absolute atomic E-state index is 11.4. The molecule has 0 saturated carbocycles. The number of benzene rings is 1. The van der Waals surface area contributed by atoms with Crippen LogP contribution < -0.4 is 5.73 Å². The molecular weight excluding hydrogens is 254 g/mol. The van der Waals surface area contributed by atoms with E-state index in [9.17, 15) is 4.79 Å². The second kappa shape index (κ2) is 8.72. The van der Waals surface area contributed by atoms with Crippen molar-refractivity contribution in [1.82, 2.24) is 0 Å². The molecule has 0 spiro atoms. The van der Waals surface area contributed by atoms with Crippen LogP contribution in [0.2, 0.25) is 0 Å². The third kappa shape index (κ3) is 5.72. The first-order chi connectivity index (χ1) is 9.54. The van der Waals surface area contributed by atoms with E-state index in [-0.39, 0.29) is 11.9 Å². The maximum atomic E-state index is 11.4. The summed E-state index contributed by atoms with van der Waals surface area (Å²) in [6.45, 7) is 5.40. The van der Waals surface area contributed by atoms with Crippen LogP contribution in [0.4, 0.5) is 0 Å². The predicted molar refractivity (Wildman–Crippen MR) is 79.0 cm³/mol. The largest absolute Gasteiger partial charge is 0.468 e. The number of carbonyl (C=O) groups is 1. The normalized spacial score (nSPS) is 14.1. The van der Waals surface area contributed by atoms with Gasteiger partial charge in [0.2, 0.25) is 0 Å². The van der Waals surface area contributed by atoms with Crippen LogP contribution in [0.1, 0.15) is 25.8 Å². The van der Waals surface area contributed by atoms with Crippen molar-refractivity contribution < 1.29 is 14.3 Å². The van der Waals surface area contributed by atoms with Crippen molar-refractivity contribution in [2.24, 2.45) is 17.6 Å². The highest BCUT2D eigenvalue weighted by atomic mass is 16.5. The fourth-order valence-electron chi connectivity index (χ4n) is 2.01. The molecular formula is C16H25NO3. The van der Waals surface area contributed by atoms with Crippen molar-refractivity contribution in [3.8, 4) is 0 Å². The van der Waals surface area contributed by atoms with Crippen LogP contribution in [0, 0.1) is 11.8 Å². The predicted octanol–water partition coefficient (Wildman–Crippen LogP) is 2.37. The minimum Gasteiger partial charge on any atom is -0.468 e. The number of esters is 1. The van der Waals surface area contributed by atoms with Gasteiger partial charge in [0.1, 0.15) is 6.04 Å². The summed E-state index contributed by atoms with van der Waals surface area (Å²) in [5.74, 6) is 0.285. The summed E-state index contributed by atoms with van der Waals surface area (Å²) in [7, 11) is 1.36. The van der Waals surface area contributed by atoms with Gasteiger partial charge in [0.05, 0.1) is 20.3 Å². The van der Waals surface area contributed by atoms with E-state index in [1.54, 1.807) is 0 Å². The molecule has 2 atom stereocenters. The number of hydrogen-bond donors (Lipinski definition) is 1. The van der Waals surface area contributed by atoms with E-state index in [0.29, 0.717) is 25.6 Å². The Bertz CT molecular complexity index is 392. The Morgan fingerprint density at radius 2 is 1.90 bits per heavy atom. The summed E-state index contributed by atoms with van der Waals surface area (Å²) in [5.41, 5.74) is 6.96. The number of carbonyl (C=O) groups excluding carboxylic acids is 1. The first-order valence-corrected chi connectivity index (χ1v) is 6.99. The third-order valence-electron chi connectivity index (χ3n) is 3.45. The van der Waals surface area contributed by atoms with E-state index in [0.717, 1.165) is 5.56 Å². The van der Waals surface area contributed by atoms with E-state index in [4.69, 9.17) is 10.5 Å². The molecule has 112 valence electrons. The molecule has 0 amide bonds. The Morgan fingerprint density at radius 3 is 2.45 bits per heavy atom. The lowest BCUT2D eigenvalue weighted by Crippen LogP contribution is -2.36. The SMILES string of the molecule is COC(=O)[C@@H](N)C[C@H](COCc1ccccc1)C(C)C. The number of hydrogen-bond acceptors (Lipinski definition) is 4. The molecule has 1 aromatic rings. The molecule has 0 aromatic heterocycles. The second-order valence-corrected chi connectivity index (χ2v) is 5.37. The van der Waals surface area contributed by atoms with Gasteiger partial charge in [0.25, 0.3) is 0 Å². The second-order valence-electron chi connectivity index (χ2n) is 5.37. The van der Waals surface area contributed by atoms with E-state index < -0.39 is 6.04 Å². The Labute approximate surface area is 121 Å². The standard InChI is InChI=1S/C16H25NO3/c1-12(2)14(9-15(17)16(18)19-3)11-20-10-13-7-5-4-6-8-13/h4-8,12,14-15H,9-11,17H2,1-3H3/t14-,15+/m1/s1. The Balaban J connectivity index is 2.41. The quantitative estimate of drug-likeness (QED) is 0.742. The summed E-state index contributed by atoms with van der Waals surface area (Å²) in [6.07, 6.45) is 0.582. The molecule has 4 heteroatoms. The van der Waals surface area contributed by atoms with Crippen LogP contribution in [0.3, 0.4) is 0 Å². The molecule has 0 radical (unpaired) electrons. The average molecular weight is 279 g/mol. The van der Waals surface area contributed by atoms with Crippen molar-refractivity contribution in [1.29, 1.82) is 0 Å². The van der Waals surface area contributed by atoms with Crippen molar-refractivity contribution in [3.05, 3.63) is 35.9 Å².